The molecule has 1 aromatic heterocycles. The van der Waals surface area contributed by atoms with Crippen LogP contribution in [0.4, 0.5) is 5.69 Å². The molecule has 1 heterocycles. The Hall–Kier alpha value is -3.28. The molecule has 3 aromatic rings. The third kappa shape index (κ3) is 4.26. The van der Waals surface area contributed by atoms with E-state index in [4.69, 9.17) is 16.7 Å². The summed E-state index contributed by atoms with van der Waals surface area (Å²) in [5.41, 5.74) is 1.37. The van der Waals surface area contributed by atoms with E-state index in [0.717, 1.165) is 11.6 Å². The number of benzene rings is 2. The number of carbonyl (C=O) groups is 1. The van der Waals surface area contributed by atoms with Crippen molar-refractivity contribution < 1.29 is 18.3 Å². The lowest BCUT2D eigenvalue weighted by atomic mass is 9.92. The average Bonchev–Trinajstić information content (AvgIpc) is 3.08. The SMILES string of the molecule is Cn1cc(S(=O)(=O)Nc2ccc([C@H](C#N)c3ccccc3)c(Cl)c2)cc1C(=O)O. The van der Waals surface area contributed by atoms with Gasteiger partial charge >= 0.3 is 5.97 Å². The Balaban J connectivity index is 1.90. The molecule has 0 amide bonds. The van der Waals surface area contributed by atoms with Crippen LogP contribution in [0.3, 0.4) is 0 Å². The number of sulfonamides is 1. The normalized spacial score (nSPS) is 12.2. The van der Waals surface area contributed by atoms with E-state index in [-0.39, 0.29) is 21.3 Å². The van der Waals surface area contributed by atoms with Gasteiger partial charge in [-0.05, 0) is 29.3 Å². The van der Waals surface area contributed by atoms with Crippen LogP contribution in [0.25, 0.3) is 0 Å². The van der Waals surface area contributed by atoms with Gasteiger partial charge < -0.3 is 9.67 Å². The highest BCUT2D eigenvalue weighted by molar-refractivity contribution is 7.92. The zero-order chi connectivity index (χ0) is 21.2. The van der Waals surface area contributed by atoms with Crippen molar-refractivity contribution in [3.63, 3.8) is 0 Å². The molecule has 0 aliphatic heterocycles. The number of rotatable bonds is 6. The van der Waals surface area contributed by atoms with Gasteiger partial charge in [-0.25, -0.2) is 13.2 Å². The van der Waals surface area contributed by atoms with Gasteiger partial charge in [-0.3, -0.25) is 4.72 Å². The summed E-state index contributed by atoms with van der Waals surface area (Å²) >= 11 is 6.33. The molecule has 0 radical (unpaired) electrons. The molecule has 0 saturated heterocycles. The van der Waals surface area contributed by atoms with Gasteiger partial charge in [0.15, 0.2) is 0 Å². The molecule has 29 heavy (non-hydrogen) atoms. The number of aryl methyl sites for hydroxylation is 1. The zero-order valence-electron chi connectivity index (χ0n) is 15.2. The van der Waals surface area contributed by atoms with Gasteiger partial charge in [-0.2, -0.15) is 5.26 Å². The third-order valence-corrected chi connectivity index (χ3v) is 6.01. The highest BCUT2D eigenvalue weighted by atomic mass is 35.5. The van der Waals surface area contributed by atoms with Crippen LogP contribution in [0.1, 0.15) is 27.5 Å². The van der Waals surface area contributed by atoms with Crippen LogP contribution in [0.5, 0.6) is 0 Å². The summed E-state index contributed by atoms with van der Waals surface area (Å²) in [6.45, 7) is 0. The van der Waals surface area contributed by atoms with Gasteiger partial charge in [0.1, 0.15) is 10.6 Å². The number of carboxylic acid groups (broad SMARTS) is 1. The van der Waals surface area contributed by atoms with E-state index >= 15 is 0 Å². The van der Waals surface area contributed by atoms with Gasteiger partial charge in [-0.15, -0.1) is 0 Å². The molecule has 7 nitrogen and oxygen atoms in total. The number of nitrogens with one attached hydrogen (secondary N) is 1. The predicted octanol–water partition coefficient (Wildman–Crippen LogP) is 3.83. The lowest BCUT2D eigenvalue weighted by molar-refractivity contribution is 0.0686. The molecular weight excluding hydrogens is 414 g/mol. The molecule has 9 heteroatoms. The summed E-state index contributed by atoms with van der Waals surface area (Å²) in [5, 5.41) is 18.9. The molecule has 0 fully saturated rings. The van der Waals surface area contributed by atoms with Crippen LogP contribution >= 0.6 is 11.6 Å². The third-order valence-electron chi connectivity index (χ3n) is 4.33. The highest BCUT2D eigenvalue weighted by Crippen LogP contribution is 2.32. The lowest BCUT2D eigenvalue weighted by Crippen LogP contribution is -2.12. The second-order valence-corrected chi connectivity index (χ2v) is 8.38. The van der Waals surface area contributed by atoms with E-state index in [1.807, 2.05) is 30.3 Å². The van der Waals surface area contributed by atoms with Crippen molar-refractivity contribution in [1.29, 1.82) is 5.26 Å². The summed E-state index contributed by atoms with van der Waals surface area (Å²) in [5.74, 6) is -1.83. The van der Waals surface area contributed by atoms with Gasteiger partial charge in [-0.1, -0.05) is 48.0 Å². The van der Waals surface area contributed by atoms with Gasteiger partial charge in [0, 0.05) is 18.3 Å². The Kier molecular flexibility index (Phi) is 5.64. The molecule has 3 rings (SSSR count). The molecule has 0 unspecified atom stereocenters. The van der Waals surface area contributed by atoms with Crippen molar-refractivity contribution >= 4 is 33.3 Å². The number of carboxylic acids is 1. The number of halogens is 1. The smallest absolute Gasteiger partial charge is 0.352 e. The maximum atomic E-state index is 12.6. The minimum absolute atomic E-state index is 0.154. The van der Waals surface area contributed by atoms with Crippen LogP contribution in [0.2, 0.25) is 5.02 Å². The standard InChI is InChI=1S/C20H16ClN3O4S/c1-24-12-15(10-19(24)20(25)26)29(27,28)23-14-7-8-16(18(21)9-14)17(11-22)13-5-3-2-4-6-13/h2-10,12,17,23H,1H3,(H,25,26)/t17-/m1/s1. The van der Waals surface area contributed by atoms with Crippen molar-refractivity contribution in [2.75, 3.05) is 4.72 Å². The van der Waals surface area contributed by atoms with Crippen molar-refractivity contribution in [2.45, 2.75) is 10.8 Å². The molecule has 0 aliphatic rings. The van der Waals surface area contributed by atoms with E-state index in [2.05, 4.69) is 10.8 Å². The Bertz CT molecular complexity index is 1210. The predicted molar refractivity (Wildman–Crippen MR) is 109 cm³/mol. The molecule has 2 aromatic carbocycles. The molecular formula is C20H16ClN3O4S. The summed E-state index contributed by atoms with van der Waals surface area (Å²) in [7, 11) is -2.57. The topological polar surface area (TPSA) is 112 Å². The lowest BCUT2D eigenvalue weighted by Gasteiger charge is -2.14. The van der Waals surface area contributed by atoms with Crippen molar-refractivity contribution in [3.05, 3.63) is 82.6 Å². The highest BCUT2D eigenvalue weighted by Gasteiger charge is 2.22. The maximum Gasteiger partial charge on any atom is 0.352 e. The first-order valence-electron chi connectivity index (χ1n) is 8.39. The zero-order valence-corrected chi connectivity index (χ0v) is 16.8. The number of aromatic carboxylic acids is 1. The van der Waals surface area contributed by atoms with Crippen molar-refractivity contribution in [3.8, 4) is 6.07 Å². The average molecular weight is 430 g/mol. The Morgan fingerprint density at radius 2 is 1.90 bits per heavy atom. The van der Waals surface area contributed by atoms with Gasteiger partial charge in [0.25, 0.3) is 10.0 Å². The van der Waals surface area contributed by atoms with Gasteiger partial charge in [0.05, 0.1) is 17.7 Å². The Labute approximate surface area is 172 Å². The number of hydrogen-bond donors (Lipinski definition) is 2. The van der Waals surface area contributed by atoms with Crippen molar-refractivity contribution in [2.24, 2.45) is 7.05 Å². The minimum atomic E-state index is -4.01. The molecule has 0 bridgehead atoms. The fraction of sp³-hybridized carbons (Fsp3) is 0.100. The fourth-order valence-electron chi connectivity index (χ4n) is 2.90. The van der Waals surface area contributed by atoms with Crippen LogP contribution in [-0.2, 0) is 17.1 Å². The summed E-state index contributed by atoms with van der Waals surface area (Å²) < 4.78 is 28.8. The summed E-state index contributed by atoms with van der Waals surface area (Å²) in [6, 6.07) is 16.9. The summed E-state index contributed by atoms with van der Waals surface area (Å²) in [4.78, 5) is 10.9. The van der Waals surface area contributed by atoms with E-state index < -0.39 is 21.9 Å². The van der Waals surface area contributed by atoms with E-state index in [1.54, 1.807) is 6.07 Å². The van der Waals surface area contributed by atoms with E-state index in [1.165, 1.54) is 29.9 Å². The first kappa shape index (κ1) is 20.5. The van der Waals surface area contributed by atoms with Crippen LogP contribution < -0.4 is 4.72 Å². The second-order valence-electron chi connectivity index (χ2n) is 6.29. The molecule has 0 spiro atoms. The number of nitriles is 1. The monoisotopic (exact) mass is 429 g/mol. The number of anilines is 1. The largest absolute Gasteiger partial charge is 0.477 e. The summed E-state index contributed by atoms with van der Waals surface area (Å²) in [6.07, 6.45) is 1.21. The minimum Gasteiger partial charge on any atom is -0.477 e. The molecule has 148 valence electrons. The van der Waals surface area contributed by atoms with Gasteiger partial charge in [0.2, 0.25) is 0 Å². The molecule has 0 saturated carbocycles. The maximum absolute atomic E-state index is 12.6. The van der Waals surface area contributed by atoms with E-state index in [9.17, 15) is 18.5 Å². The number of nitrogens with zero attached hydrogens (tertiary/aromatic N) is 2. The molecule has 1 atom stereocenters. The van der Waals surface area contributed by atoms with Crippen LogP contribution in [-0.4, -0.2) is 24.1 Å². The fourth-order valence-corrected chi connectivity index (χ4v) is 4.31. The van der Waals surface area contributed by atoms with E-state index in [0.29, 0.717) is 5.56 Å². The Morgan fingerprint density at radius 3 is 2.45 bits per heavy atom. The quantitative estimate of drug-likeness (QED) is 0.618. The second kappa shape index (κ2) is 7.99. The first-order valence-corrected chi connectivity index (χ1v) is 10.3. The first-order chi connectivity index (χ1) is 13.7. The number of aromatic nitrogens is 1. The Morgan fingerprint density at radius 1 is 1.21 bits per heavy atom. The number of hydrogen-bond acceptors (Lipinski definition) is 4. The van der Waals surface area contributed by atoms with Crippen molar-refractivity contribution in [1.82, 2.24) is 4.57 Å². The van der Waals surface area contributed by atoms with Crippen LogP contribution in [0.15, 0.2) is 65.7 Å². The molecule has 2 N–H and O–H groups in total. The molecule has 0 aliphatic carbocycles. The van der Waals surface area contributed by atoms with Crippen LogP contribution in [0, 0.1) is 11.3 Å².